The molecule has 0 unspecified atom stereocenters. The van der Waals surface area contributed by atoms with E-state index in [4.69, 9.17) is 6.42 Å². The quantitative estimate of drug-likeness (QED) is 0.715. The van der Waals surface area contributed by atoms with Gasteiger partial charge in [-0.25, -0.2) is 0 Å². The molecule has 0 spiro atoms. The monoisotopic (exact) mass is 187 g/mol. The van der Waals surface area contributed by atoms with E-state index in [1.807, 2.05) is 25.2 Å². The average molecular weight is 187 g/mol. The minimum atomic E-state index is 0.0902. The zero-order valence-corrected chi connectivity index (χ0v) is 9.09. The fourth-order valence-corrected chi connectivity index (χ4v) is 1.38. The Morgan fingerprint density at radius 2 is 2.00 bits per heavy atom. The van der Waals surface area contributed by atoms with Gasteiger partial charge >= 0.3 is 0 Å². The summed E-state index contributed by atoms with van der Waals surface area (Å²) < 4.78 is 0. The summed E-state index contributed by atoms with van der Waals surface area (Å²) in [4.78, 5) is 0. The van der Waals surface area contributed by atoms with E-state index in [0.29, 0.717) is 0 Å². The molecule has 0 saturated carbocycles. The van der Waals surface area contributed by atoms with Crippen LogP contribution in [0.1, 0.15) is 25.0 Å². The maximum Gasteiger partial charge on any atom is 0.0275 e. The van der Waals surface area contributed by atoms with Gasteiger partial charge in [-0.05, 0) is 38.9 Å². The molecule has 74 valence electrons. The number of likely N-dealkylation sites (N-methyl/N-ethyl adjacent to an activating group) is 1. The molecule has 0 aliphatic carbocycles. The first kappa shape index (κ1) is 10.8. The predicted octanol–water partition coefficient (Wildman–Crippen LogP) is 2.21. The zero-order chi connectivity index (χ0) is 10.6. The molecule has 1 rings (SSSR count). The highest BCUT2D eigenvalue weighted by Crippen LogP contribution is 2.15. The first-order valence-corrected chi connectivity index (χ1v) is 4.82. The number of hydrogen-bond donors (Lipinski definition) is 1. The number of nitrogens with one attached hydrogen (secondary N) is 1. The topological polar surface area (TPSA) is 12.0 Å². The summed E-state index contributed by atoms with van der Waals surface area (Å²) in [6, 6.07) is 8.09. The Bertz CT molecular complexity index is 344. The van der Waals surface area contributed by atoms with Crippen molar-refractivity contribution in [1.29, 1.82) is 0 Å². The van der Waals surface area contributed by atoms with E-state index >= 15 is 0 Å². The van der Waals surface area contributed by atoms with Gasteiger partial charge in [-0.1, -0.05) is 24.1 Å². The van der Waals surface area contributed by atoms with Crippen molar-refractivity contribution in [3.8, 4) is 12.3 Å². The highest BCUT2D eigenvalue weighted by Gasteiger charge is 2.16. The van der Waals surface area contributed by atoms with Crippen LogP contribution >= 0.6 is 0 Å². The lowest BCUT2D eigenvalue weighted by molar-refractivity contribution is 0.422. The summed E-state index contributed by atoms with van der Waals surface area (Å²) >= 11 is 0. The summed E-state index contributed by atoms with van der Waals surface area (Å²) in [6.07, 6.45) is 6.39. The molecule has 0 fully saturated rings. The first-order valence-electron chi connectivity index (χ1n) is 4.82. The van der Waals surface area contributed by atoms with Crippen molar-refractivity contribution in [3.05, 3.63) is 35.4 Å². The van der Waals surface area contributed by atoms with Crippen LogP contribution in [0.4, 0.5) is 0 Å². The maximum absolute atomic E-state index is 5.44. The molecule has 1 N–H and O–H groups in total. The van der Waals surface area contributed by atoms with Crippen molar-refractivity contribution in [1.82, 2.24) is 5.32 Å². The zero-order valence-electron chi connectivity index (χ0n) is 9.09. The van der Waals surface area contributed by atoms with Gasteiger partial charge < -0.3 is 5.32 Å². The Balaban J connectivity index is 2.92. The van der Waals surface area contributed by atoms with Gasteiger partial charge in [0.25, 0.3) is 0 Å². The van der Waals surface area contributed by atoms with Gasteiger partial charge in [-0.15, -0.1) is 6.42 Å². The molecule has 1 heteroatoms. The molecular formula is C13H17N. The van der Waals surface area contributed by atoms with Crippen LogP contribution in [-0.4, -0.2) is 12.6 Å². The standard InChI is InChI=1S/C13H17N/c1-5-11-8-6-7-9-12(11)10-13(2,3)14-4/h1,6-9,14H,10H2,2-4H3. The SMILES string of the molecule is C#Cc1ccccc1CC(C)(C)NC. The molecule has 0 amide bonds. The molecule has 0 aliphatic rings. The molecule has 1 aromatic rings. The van der Waals surface area contributed by atoms with Crippen molar-refractivity contribution < 1.29 is 0 Å². The van der Waals surface area contributed by atoms with E-state index < -0.39 is 0 Å². The molecule has 1 nitrogen and oxygen atoms in total. The molecular weight excluding hydrogens is 170 g/mol. The Labute approximate surface area is 86.5 Å². The largest absolute Gasteiger partial charge is 0.314 e. The highest BCUT2D eigenvalue weighted by atomic mass is 14.9. The summed E-state index contributed by atoms with van der Waals surface area (Å²) in [5.74, 6) is 2.71. The van der Waals surface area contributed by atoms with Crippen molar-refractivity contribution in [3.63, 3.8) is 0 Å². The Morgan fingerprint density at radius 3 is 2.57 bits per heavy atom. The van der Waals surface area contributed by atoms with Crippen molar-refractivity contribution >= 4 is 0 Å². The van der Waals surface area contributed by atoms with Crippen LogP contribution < -0.4 is 5.32 Å². The van der Waals surface area contributed by atoms with Crippen molar-refractivity contribution in [2.75, 3.05) is 7.05 Å². The molecule has 1 aromatic carbocycles. The Morgan fingerprint density at radius 1 is 1.36 bits per heavy atom. The number of benzene rings is 1. The molecule has 0 saturated heterocycles. The van der Waals surface area contributed by atoms with E-state index in [9.17, 15) is 0 Å². The summed E-state index contributed by atoms with van der Waals surface area (Å²) in [7, 11) is 1.97. The van der Waals surface area contributed by atoms with Crippen LogP contribution in [0.15, 0.2) is 24.3 Å². The molecule has 14 heavy (non-hydrogen) atoms. The normalized spacial score (nSPS) is 11.0. The summed E-state index contributed by atoms with van der Waals surface area (Å²) in [5, 5.41) is 3.27. The van der Waals surface area contributed by atoms with E-state index in [2.05, 4.69) is 31.2 Å². The second kappa shape index (κ2) is 4.30. The highest BCUT2D eigenvalue weighted by molar-refractivity contribution is 5.40. The smallest absolute Gasteiger partial charge is 0.0275 e. The average Bonchev–Trinajstić information content (AvgIpc) is 2.18. The van der Waals surface area contributed by atoms with Crippen LogP contribution in [0, 0.1) is 12.3 Å². The maximum atomic E-state index is 5.44. The lowest BCUT2D eigenvalue weighted by atomic mass is 9.92. The molecule has 0 heterocycles. The summed E-state index contributed by atoms with van der Waals surface area (Å²) in [5.41, 5.74) is 2.32. The molecule has 0 bridgehead atoms. The van der Waals surface area contributed by atoms with Crippen LogP contribution in [0.3, 0.4) is 0 Å². The fraction of sp³-hybridized carbons (Fsp3) is 0.385. The third kappa shape index (κ3) is 2.61. The first-order chi connectivity index (χ1) is 6.59. The fourth-order valence-electron chi connectivity index (χ4n) is 1.38. The van der Waals surface area contributed by atoms with Crippen LogP contribution in [0.25, 0.3) is 0 Å². The van der Waals surface area contributed by atoms with E-state index in [-0.39, 0.29) is 5.54 Å². The van der Waals surface area contributed by atoms with E-state index in [1.165, 1.54) is 5.56 Å². The second-order valence-corrected chi connectivity index (χ2v) is 4.11. The molecule has 0 aromatic heterocycles. The van der Waals surface area contributed by atoms with Gasteiger partial charge in [0.1, 0.15) is 0 Å². The molecule has 0 atom stereocenters. The molecule has 0 radical (unpaired) electrons. The van der Waals surface area contributed by atoms with E-state index in [0.717, 1.165) is 12.0 Å². The van der Waals surface area contributed by atoms with Crippen LogP contribution in [-0.2, 0) is 6.42 Å². The molecule has 0 aliphatic heterocycles. The summed E-state index contributed by atoms with van der Waals surface area (Å²) in [6.45, 7) is 4.33. The number of terminal acetylenes is 1. The Hall–Kier alpha value is -1.26. The van der Waals surface area contributed by atoms with E-state index in [1.54, 1.807) is 0 Å². The van der Waals surface area contributed by atoms with Gasteiger partial charge in [0, 0.05) is 11.1 Å². The van der Waals surface area contributed by atoms with Gasteiger partial charge in [-0.3, -0.25) is 0 Å². The number of rotatable bonds is 3. The third-order valence-electron chi connectivity index (χ3n) is 2.48. The third-order valence-corrected chi connectivity index (χ3v) is 2.48. The van der Waals surface area contributed by atoms with Crippen LogP contribution in [0.2, 0.25) is 0 Å². The number of hydrogen-bond acceptors (Lipinski definition) is 1. The predicted molar refractivity (Wildman–Crippen MR) is 61.2 cm³/mol. The van der Waals surface area contributed by atoms with Crippen molar-refractivity contribution in [2.45, 2.75) is 25.8 Å². The lowest BCUT2D eigenvalue weighted by Gasteiger charge is -2.24. The van der Waals surface area contributed by atoms with Crippen molar-refractivity contribution in [2.24, 2.45) is 0 Å². The van der Waals surface area contributed by atoms with Gasteiger partial charge in [0.2, 0.25) is 0 Å². The minimum absolute atomic E-state index is 0.0902. The second-order valence-electron chi connectivity index (χ2n) is 4.11. The van der Waals surface area contributed by atoms with Gasteiger partial charge in [-0.2, -0.15) is 0 Å². The van der Waals surface area contributed by atoms with Gasteiger partial charge in [0.15, 0.2) is 0 Å². The Kier molecular flexibility index (Phi) is 3.33. The van der Waals surface area contributed by atoms with Gasteiger partial charge in [0.05, 0.1) is 0 Å². The minimum Gasteiger partial charge on any atom is -0.314 e. The lowest BCUT2D eigenvalue weighted by Crippen LogP contribution is -2.38. The van der Waals surface area contributed by atoms with Crippen LogP contribution in [0.5, 0.6) is 0 Å².